The Labute approximate surface area is 143 Å². The summed E-state index contributed by atoms with van der Waals surface area (Å²) in [5.74, 6) is 0. The minimum atomic E-state index is -6.07. The van der Waals surface area contributed by atoms with E-state index in [4.69, 9.17) is 34.3 Å². The van der Waals surface area contributed by atoms with Crippen molar-refractivity contribution in [1.82, 2.24) is 0 Å². The van der Waals surface area contributed by atoms with Crippen LogP contribution in [0.15, 0.2) is 0 Å². The molecule has 0 aliphatic carbocycles. The van der Waals surface area contributed by atoms with E-state index in [1.165, 1.54) is 0 Å². The molecule has 0 aliphatic heterocycles. The normalized spacial score (nSPS) is 21.0. The van der Waals surface area contributed by atoms with E-state index in [9.17, 15) is 22.8 Å². The third-order valence-corrected chi connectivity index (χ3v) is 7.49. The number of rotatable bonds is 8. The van der Waals surface area contributed by atoms with E-state index in [1.54, 1.807) is 0 Å². The van der Waals surface area contributed by atoms with E-state index in [2.05, 4.69) is 17.2 Å². The molecule has 0 saturated heterocycles. The van der Waals surface area contributed by atoms with Gasteiger partial charge in [-0.2, -0.15) is 17.2 Å². The molecule has 2 atom stereocenters. The Morgan fingerprint density at radius 1 is 0.455 bits per heavy atom. The molecule has 0 radical (unpaired) electrons. The zero-order chi connectivity index (χ0) is 17.3. The Kier molecular flexibility index (Phi) is 9.90. The van der Waals surface area contributed by atoms with Crippen LogP contribution >= 0.6 is 39.1 Å². The van der Waals surface area contributed by atoms with Gasteiger partial charge in [-0.1, -0.05) is 0 Å². The van der Waals surface area contributed by atoms with Crippen LogP contribution in [0.3, 0.4) is 0 Å². The molecular weight excluding hydrogens is 434 g/mol. The number of phosphoric acid groups is 5. The topological polar surface area (TPSA) is 264 Å². The van der Waals surface area contributed by atoms with E-state index in [0.29, 0.717) is 0 Å². The second-order valence-corrected chi connectivity index (χ2v) is 10.1. The standard InChI is InChI=1S/Na.H7O16P5.H/c;1-17(2,3)13-19(7,8)15-21(11,12)16-20(9,10)14-18(4,5)6;/h;(H,7,8)(H,9,10)(H,11,12)(H2,1,2,3)(H2,4,5,6);. The number of hydrogen-bond donors (Lipinski definition) is 7. The van der Waals surface area contributed by atoms with Crippen LogP contribution in [0.4, 0.5) is 0 Å². The summed E-state index contributed by atoms with van der Waals surface area (Å²) < 4.78 is 65.6. The second kappa shape index (κ2) is 8.39. The first-order chi connectivity index (χ1) is 8.83. The van der Waals surface area contributed by atoms with Crippen LogP contribution in [-0.4, -0.2) is 63.8 Å². The van der Waals surface area contributed by atoms with Crippen LogP contribution in [0.25, 0.3) is 0 Å². The molecule has 22 heavy (non-hydrogen) atoms. The molecule has 16 nitrogen and oxygen atoms in total. The van der Waals surface area contributed by atoms with Crippen LogP contribution < -0.4 is 0 Å². The van der Waals surface area contributed by atoms with Crippen LogP contribution in [0.1, 0.15) is 0 Å². The summed E-state index contributed by atoms with van der Waals surface area (Å²) in [6.45, 7) is 0. The summed E-state index contributed by atoms with van der Waals surface area (Å²) in [4.78, 5) is 58.7. The summed E-state index contributed by atoms with van der Waals surface area (Å²) in [5.41, 5.74) is 0. The predicted molar refractivity (Wildman–Crippen MR) is 65.1 cm³/mol. The molecule has 0 aromatic carbocycles. The maximum absolute atomic E-state index is 11.0. The third-order valence-electron chi connectivity index (χ3n) is 0.832. The van der Waals surface area contributed by atoms with Gasteiger partial charge in [-0.25, -0.2) is 22.8 Å². The Bertz CT molecular complexity index is 552. The average Bonchev–Trinajstić information content (AvgIpc) is 1.83. The van der Waals surface area contributed by atoms with Gasteiger partial charge in [0.2, 0.25) is 0 Å². The van der Waals surface area contributed by atoms with Gasteiger partial charge in [-0.05, 0) is 0 Å². The molecule has 22 heteroatoms. The van der Waals surface area contributed by atoms with Crippen molar-refractivity contribution in [2.24, 2.45) is 0 Å². The summed E-state index contributed by atoms with van der Waals surface area (Å²) in [6.07, 6.45) is 0. The molecule has 0 aliphatic rings. The Morgan fingerprint density at radius 2 is 0.636 bits per heavy atom. The molecule has 130 valence electrons. The van der Waals surface area contributed by atoms with Crippen molar-refractivity contribution in [3.05, 3.63) is 0 Å². The van der Waals surface area contributed by atoms with Crippen molar-refractivity contribution in [2.75, 3.05) is 0 Å². The van der Waals surface area contributed by atoms with E-state index in [-0.39, 0.29) is 29.6 Å². The fraction of sp³-hybridized carbons (Fsp3) is 0. The molecule has 7 N–H and O–H groups in total. The van der Waals surface area contributed by atoms with Gasteiger partial charge in [0.05, 0.1) is 0 Å². The summed E-state index contributed by atoms with van der Waals surface area (Å²) in [6, 6.07) is 0. The molecule has 0 aromatic heterocycles. The Balaban J connectivity index is 0. The first kappa shape index (κ1) is 25.9. The molecule has 0 saturated carbocycles. The SMILES string of the molecule is O=P(O)(O)OP(=O)(O)OP(=O)(O)OP(=O)(O)OP(=O)(O)O.[NaH]. The van der Waals surface area contributed by atoms with Crippen LogP contribution in [0.2, 0.25) is 0 Å². The quantitative estimate of drug-likeness (QED) is 0.173. The minimum absolute atomic E-state index is 0. The van der Waals surface area contributed by atoms with Crippen molar-refractivity contribution in [1.29, 1.82) is 0 Å². The van der Waals surface area contributed by atoms with Crippen molar-refractivity contribution >= 4 is 68.7 Å². The van der Waals surface area contributed by atoms with Crippen LogP contribution in [-0.2, 0) is 40.1 Å². The zero-order valence-corrected chi connectivity index (χ0v) is 13.5. The van der Waals surface area contributed by atoms with Gasteiger partial charge in [0, 0.05) is 0 Å². The third kappa shape index (κ3) is 14.1. The number of hydrogen-bond acceptors (Lipinski definition) is 9. The van der Waals surface area contributed by atoms with E-state index < -0.39 is 39.1 Å². The molecule has 0 fully saturated rings. The zero-order valence-electron chi connectivity index (χ0n) is 9.04. The monoisotopic (exact) mass is 442 g/mol. The molecule has 0 rings (SSSR count). The van der Waals surface area contributed by atoms with Gasteiger partial charge >= 0.3 is 68.7 Å². The molecule has 2 unspecified atom stereocenters. The van der Waals surface area contributed by atoms with E-state index in [0.717, 1.165) is 0 Å². The average molecular weight is 442 g/mol. The first-order valence-corrected chi connectivity index (χ1v) is 11.3. The molecule has 0 aromatic rings. The summed E-state index contributed by atoms with van der Waals surface area (Å²) in [5, 5.41) is 0. The van der Waals surface area contributed by atoms with Gasteiger partial charge in [-0.3, -0.25) is 0 Å². The van der Waals surface area contributed by atoms with Crippen LogP contribution in [0.5, 0.6) is 0 Å². The summed E-state index contributed by atoms with van der Waals surface area (Å²) >= 11 is 0. The maximum atomic E-state index is 11.0. The second-order valence-electron chi connectivity index (χ2n) is 2.71. The molecule has 0 heterocycles. The molecule has 0 spiro atoms. The van der Waals surface area contributed by atoms with Gasteiger partial charge in [0.15, 0.2) is 0 Å². The van der Waals surface area contributed by atoms with Crippen molar-refractivity contribution in [2.45, 2.75) is 0 Å². The first-order valence-electron chi connectivity index (χ1n) is 3.77. The van der Waals surface area contributed by atoms with Gasteiger partial charge in [0.1, 0.15) is 0 Å². The van der Waals surface area contributed by atoms with Crippen molar-refractivity contribution in [3.8, 4) is 0 Å². The van der Waals surface area contributed by atoms with Gasteiger partial charge in [-0.15, -0.1) is 0 Å². The fourth-order valence-corrected chi connectivity index (χ4v) is 5.97. The summed E-state index contributed by atoms with van der Waals surface area (Å²) in [7, 11) is -29.3. The van der Waals surface area contributed by atoms with Gasteiger partial charge in [0.25, 0.3) is 0 Å². The van der Waals surface area contributed by atoms with Crippen LogP contribution in [0, 0.1) is 0 Å². The Morgan fingerprint density at radius 3 is 0.818 bits per heavy atom. The van der Waals surface area contributed by atoms with Crippen molar-refractivity contribution < 1.29 is 74.3 Å². The van der Waals surface area contributed by atoms with E-state index in [1.807, 2.05) is 0 Å². The van der Waals surface area contributed by atoms with E-state index >= 15 is 0 Å². The molecular formula is H8NaO16P5. The Hall–Kier alpha value is 1.71. The fourth-order valence-electron chi connectivity index (χ4n) is 0.574. The van der Waals surface area contributed by atoms with Gasteiger partial charge < -0.3 is 34.3 Å². The molecule has 0 bridgehead atoms. The molecule has 0 amide bonds. The van der Waals surface area contributed by atoms with Crippen molar-refractivity contribution in [3.63, 3.8) is 0 Å². The predicted octanol–water partition coefficient (Wildman–Crippen LogP) is -1.11.